The number of hydrogen-bond donors (Lipinski definition) is 1. The molecule has 0 spiro atoms. The quantitative estimate of drug-likeness (QED) is 0.853. The van der Waals surface area contributed by atoms with E-state index in [0.717, 1.165) is 12.3 Å². The van der Waals surface area contributed by atoms with Gasteiger partial charge in [-0.1, -0.05) is 56.3 Å². The summed E-state index contributed by atoms with van der Waals surface area (Å²) in [5.41, 5.74) is 3.71. The Labute approximate surface area is 121 Å². The van der Waals surface area contributed by atoms with Gasteiger partial charge in [-0.15, -0.1) is 0 Å². The first-order valence-corrected chi connectivity index (χ1v) is 7.15. The van der Waals surface area contributed by atoms with Gasteiger partial charge in [0.15, 0.2) is 0 Å². The van der Waals surface area contributed by atoms with Crippen molar-refractivity contribution < 1.29 is 4.74 Å². The van der Waals surface area contributed by atoms with Crippen LogP contribution in [0.3, 0.4) is 0 Å². The number of para-hydroxylation sites is 1. The lowest BCUT2D eigenvalue weighted by atomic mass is 10.1. The Kier molecular flexibility index (Phi) is 5.19. The third kappa shape index (κ3) is 4.10. The van der Waals surface area contributed by atoms with Crippen LogP contribution in [0, 0.1) is 6.92 Å². The maximum absolute atomic E-state index is 5.94. The molecule has 1 N–H and O–H groups in total. The molecule has 0 aliphatic carbocycles. The molecule has 0 aliphatic heterocycles. The topological polar surface area (TPSA) is 21.3 Å². The molecule has 0 bridgehead atoms. The van der Waals surface area contributed by atoms with Crippen LogP contribution < -0.4 is 10.1 Å². The molecule has 2 rings (SSSR count). The van der Waals surface area contributed by atoms with E-state index in [2.05, 4.69) is 56.4 Å². The fourth-order valence-corrected chi connectivity index (χ4v) is 2.06. The third-order valence-electron chi connectivity index (χ3n) is 3.30. The minimum atomic E-state index is 0.486. The molecule has 2 nitrogen and oxygen atoms in total. The molecule has 0 amide bonds. The fourth-order valence-electron chi connectivity index (χ4n) is 2.06. The van der Waals surface area contributed by atoms with Crippen LogP contribution in [0.2, 0.25) is 0 Å². The number of rotatable bonds is 6. The molecule has 0 radical (unpaired) electrons. The summed E-state index contributed by atoms with van der Waals surface area (Å²) < 4.78 is 5.94. The van der Waals surface area contributed by atoms with Gasteiger partial charge < -0.3 is 10.1 Å². The Balaban J connectivity index is 2.04. The van der Waals surface area contributed by atoms with Gasteiger partial charge in [0.05, 0.1) is 0 Å². The molecule has 2 aromatic rings. The second kappa shape index (κ2) is 7.11. The zero-order chi connectivity index (χ0) is 14.4. The average Bonchev–Trinajstić information content (AvgIpc) is 2.45. The molecular weight excluding hydrogens is 246 g/mol. The summed E-state index contributed by atoms with van der Waals surface area (Å²) in [6.07, 6.45) is 0. The SMILES string of the molecule is Cc1ccccc1OCc1ccccc1CNC(C)C. The molecule has 0 heterocycles. The van der Waals surface area contributed by atoms with Gasteiger partial charge in [0.1, 0.15) is 12.4 Å². The molecule has 0 aromatic heterocycles. The molecule has 0 unspecified atom stereocenters. The van der Waals surface area contributed by atoms with Gasteiger partial charge in [-0.05, 0) is 29.7 Å². The van der Waals surface area contributed by atoms with E-state index < -0.39 is 0 Å². The van der Waals surface area contributed by atoms with Gasteiger partial charge in [-0.2, -0.15) is 0 Å². The Bertz CT molecular complexity index is 549. The highest BCUT2D eigenvalue weighted by Gasteiger charge is 2.04. The molecule has 106 valence electrons. The average molecular weight is 269 g/mol. The fraction of sp³-hybridized carbons (Fsp3) is 0.333. The predicted molar refractivity (Wildman–Crippen MR) is 83.9 cm³/mol. The Morgan fingerprint density at radius 2 is 1.60 bits per heavy atom. The molecule has 0 atom stereocenters. The van der Waals surface area contributed by atoms with E-state index in [1.165, 1.54) is 16.7 Å². The lowest BCUT2D eigenvalue weighted by molar-refractivity contribution is 0.302. The van der Waals surface area contributed by atoms with Crippen molar-refractivity contribution >= 4 is 0 Å². The highest BCUT2D eigenvalue weighted by Crippen LogP contribution is 2.19. The van der Waals surface area contributed by atoms with Crippen LogP contribution in [0.25, 0.3) is 0 Å². The molecule has 0 fully saturated rings. The van der Waals surface area contributed by atoms with E-state index in [0.29, 0.717) is 12.6 Å². The number of hydrogen-bond acceptors (Lipinski definition) is 2. The summed E-state index contributed by atoms with van der Waals surface area (Å²) in [6, 6.07) is 17.1. The minimum Gasteiger partial charge on any atom is -0.489 e. The number of nitrogens with one attached hydrogen (secondary N) is 1. The molecule has 0 saturated carbocycles. The lowest BCUT2D eigenvalue weighted by Gasteiger charge is -2.14. The highest BCUT2D eigenvalue weighted by molar-refractivity contribution is 5.33. The van der Waals surface area contributed by atoms with Crippen molar-refractivity contribution in [3.63, 3.8) is 0 Å². The van der Waals surface area contributed by atoms with Crippen molar-refractivity contribution in [2.45, 2.75) is 40.0 Å². The van der Waals surface area contributed by atoms with Gasteiger partial charge in [-0.3, -0.25) is 0 Å². The standard InChI is InChI=1S/C18H23NO/c1-14(2)19-12-16-9-5-6-10-17(16)13-20-18-11-7-4-8-15(18)3/h4-11,14,19H,12-13H2,1-3H3. The van der Waals surface area contributed by atoms with Crippen molar-refractivity contribution in [1.82, 2.24) is 5.32 Å². The van der Waals surface area contributed by atoms with Crippen LogP contribution in [0.15, 0.2) is 48.5 Å². The van der Waals surface area contributed by atoms with E-state index in [4.69, 9.17) is 4.74 Å². The Morgan fingerprint density at radius 3 is 2.30 bits per heavy atom. The molecular formula is C18H23NO. The number of benzene rings is 2. The van der Waals surface area contributed by atoms with E-state index in [9.17, 15) is 0 Å². The highest BCUT2D eigenvalue weighted by atomic mass is 16.5. The van der Waals surface area contributed by atoms with E-state index in [-0.39, 0.29) is 0 Å². The van der Waals surface area contributed by atoms with Crippen molar-refractivity contribution in [2.75, 3.05) is 0 Å². The largest absolute Gasteiger partial charge is 0.489 e. The maximum Gasteiger partial charge on any atom is 0.122 e. The normalized spacial score (nSPS) is 10.8. The molecule has 2 aromatic carbocycles. The summed E-state index contributed by atoms with van der Waals surface area (Å²) in [5.74, 6) is 0.958. The zero-order valence-electron chi connectivity index (χ0n) is 12.5. The molecule has 20 heavy (non-hydrogen) atoms. The van der Waals surface area contributed by atoms with Gasteiger partial charge in [0.2, 0.25) is 0 Å². The van der Waals surface area contributed by atoms with Crippen molar-refractivity contribution in [3.05, 3.63) is 65.2 Å². The number of ether oxygens (including phenoxy) is 1. The van der Waals surface area contributed by atoms with E-state index in [1.54, 1.807) is 0 Å². The Hall–Kier alpha value is -1.80. The summed E-state index contributed by atoms with van der Waals surface area (Å²) >= 11 is 0. The lowest BCUT2D eigenvalue weighted by Crippen LogP contribution is -2.22. The Morgan fingerprint density at radius 1 is 0.950 bits per heavy atom. The summed E-state index contributed by atoms with van der Waals surface area (Å²) in [4.78, 5) is 0. The minimum absolute atomic E-state index is 0.486. The van der Waals surface area contributed by atoms with Crippen molar-refractivity contribution in [2.24, 2.45) is 0 Å². The van der Waals surface area contributed by atoms with Crippen molar-refractivity contribution in [1.29, 1.82) is 0 Å². The van der Waals surface area contributed by atoms with Gasteiger partial charge >= 0.3 is 0 Å². The van der Waals surface area contributed by atoms with Gasteiger partial charge in [0.25, 0.3) is 0 Å². The zero-order valence-corrected chi connectivity index (χ0v) is 12.5. The smallest absolute Gasteiger partial charge is 0.122 e. The first-order valence-electron chi connectivity index (χ1n) is 7.15. The monoisotopic (exact) mass is 269 g/mol. The van der Waals surface area contributed by atoms with Gasteiger partial charge in [0, 0.05) is 12.6 Å². The third-order valence-corrected chi connectivity index (χ3v) is 3.30. The van der Waals surface area contributed by atoms with E-state index >= 15 is 0 Å². The van der Waals surface area contributed by atoms with Crippen molar-refractivity contribution in [3.8, 4) is 5.75 Å². The summed E-state index contributed by atoms with van der Waals surface area (Å²) in [6.45, 7) is 7.88. The van der Waals surface area contributed by atoms with Crippen LogP contribution in [-0.2, 0) is 13.2 Å². The molecule has 0 saturated heterocycles. The van der Waals surface area contributed by atoms with E-state index in [1.807, 2.05) is 18.2 Å². The first-order chi connectivity index (χ1) is 9.66. The van der Waals surface area contributed by atoms with Crippen LogP contribution in [0.4, 0.5) is 0 Å². The maximum atomic E-state index is 5.94. The van der Waals surface area contributed by atoms with Crippen LogP contribution >= 0.6 is 0 Å². The van der Waals surface area contributed by atoms with Gasteiger partial charge in [-0.25, -0.2) is 0 Å². The molecule has 0 aliphatic rings. The first kappa shape index (κ1) is 14.6. The summed E-state index contributed by atoms with van der Waals surface area (Å²) in [7, 11) is 0. The summed E-state index contributed by atoms with van der Waals surface area (Å²) in [5, 5.41) is 3.46. The van der Waals surface area contributed by atoms with Crippen LogP contribution in [0.1, 0.15) is 30.5 Å². The van der Waals surface area contributed by atoms with Crippen LogP contribution in [0.5, 0.6) is 5.75 Å². The van der Waals surface area contributed by atoms with Crippen LogP contribution in [-0.4, -0.2) is 6.04 Å². The number of aryl methyl sites for hydroxylation is 1. The predicted octanol–water partition coefficient (Wildman–Crippen LogP) is 4.07. The second-order valence-electron chi connectivity index (χ2n) is 5.36. The molecule has 2 heteroatoms. The second-order valence-corrected chi connectivity index (χ2v) is 5.36.